The van der Waals surface area contributed by atoms with E-state index in [-0.39, 0.29) is 11.6 Å². The number of nitrogens with zero attached hydrogens (tertiary/aromatic N) is 3. The molecule has 2 aromatic heterocycles. The minimum atomic E-state index is -0.332. The monoisotopic (exact) mass is 496 g/mol. The summed E-state index contributed by atoms with van der Waals surface area (Å²) in [6.07, 6.45) is 4.49. The number of anilines is 1. The van der Waals surface area contributed by atoms with Gasteiger partial charge in [-0.15, -0.1) is 0 Å². The van der Waals surface area contributed by atoms with Gasteiger partial charge < -0.3 is 10.1 Å². The normalized spacial score (nSPS) is 10.8. The lowest BCUT2D eigenvalue weighted by molar-refractivity contribution is -0.111. The Hall–Kier alpha value is -4.62. The lowest BCUT2D eigenvalue weighted by Gasteiger charge is -2.11. The predicted molar refractivity (Wildman–Crippen MR) is 142 cm³/mol. The molecule has 0 fully saturated rings. The molecule has 5 aromatic rings. The Labute approximate surface area is 211 Å². The Morgan fingerprint density at radius 1 is 1.00 bits per heavy atom. The zero-order valence-corrected chi connectivity index (χ0v) is 20.1. The van der Waals surface area contributed by atoms with Crippen LogP contribution >= 0.6 is 11.6 Å². The summed E-state index contributed by atoms with van der Waals surface area (Å²) in [5.74, 6) is 0.947. The summed E-state index contributed by atoms with van der Waals surface area (Å²) < 4.78 is 9.19. The van der Waals surface area contributed by atoms with Crippen LogP contribution in [0.5, 0.6) is 11.5 Å². The van der Waals surface area contributed by atoms with Crippen LogP contribution in [0, 0.1) is 6.92 Å². The van der Waals surface area contributed by atoms with E-state index in [1.165, 1.54) is 6.08 Å². The van der Waals surface area contributed by atoms with Crippen molar-refractivity contribution >= 4 is 34.2 Å². The van der Waals surface area contributed by atoms with Gasteiger partial charge in [-0.2, -0.15) is 0 Å². The molecular weight excluding hydrogens is 476 g/mol. The first kappa shape index (κ1) is 23.1. The maximum Gasteiger partial charge on any atom is 0.338 e. The van der Waals surface area contributed by atoms with Gasteiger partial charge in [0.15, 0.2) is 0 Å². The summed E-state index contributed by atoms with van der Waals surface area (Å²) in [7, 11) is 0. The highest BCUT2D eigenvalue weighted by Gasteiger charge is 2.17. The Morgan fingerprint density at radius 2 is 1.78 bits per heavy atom. The molecule has 0 radical (unpaired) electrons. The number of carbonyl (C=O) groups is 1. The number of pyridine rings is 1. The average molecular weight is 497 g/mol. The van der Waals surface area contributed by atoms with Gasteiger partial charge in [0, 0.05) is 16.9 Å². The van der Waals surface area contributed by atoms with Crippen molar-refractivity contribution < 1.29 is 9.53 Å². The fourth-order valence-corrected chi connectivity index (χ4v) is 4.19. The molecule has 0 aliphatic carbocycles. The van der Waals surface area contributed by atoms with E-state index in [1.807, 2.05) is 43.3 Å². The first-order chi connectivity index (χ1) is 17.4. The van der Waals surface area contributed by atoms with Gasteiger partial charge in [-0.25, -0.2) is 4.79 Å². The standard InChI is InChI=1S/C28H21ClN4O3/c1-3-27(34)31-20-7-5-8-21(16-20)32-24-12-13-30-17-25(24)33(28(32)35)22-10-11-26(18(2)14-22)36-23-9-4-6-19(29)15-23/h3-17H,1H2,2H3,(H,31,34). The molecule has 5 rings (SSSR count). The topological polar surface area (TPSA) is 78.2 Å². The summed E-state index contributed by atoms with van der Waals surface area (Å²) in [5, 5.41) is 3.32. The second kappa shape index (κ2) is 9.56. The van der Waals surface area contributed by atoms with E-state index in [0.29, 0.717) is 44.6 Å². The van der Waals surface area contributed by atoms with Crippen LogP contribution in [0.4, 0.5) is 5.69 Å². The van der Waals surface area contributed by atoms with Crippen LogP contribution in [-0.2, 0) is 4.79 Å². The van der Waals surface area contributed by atoms with Crippen LogP contribution in [0.3, 0.4) is 0 Å². The molecule has 0 bridgehead atoms. The van der Waals surface area contributed by atoms with E-state index in [0.717, 1.165) is 5.56 Å². The minimum Gasteiger partial charge on any atom is -0.457 e. The first-order valence-electron chi connectivity index (χ1n) is 11.1. The molecule has 1 amide bonds. The van der Waals surface area contributed by atoms with Crippen molar-refractivity contribution in [2.75, 3.05) is 5.32 Å². The first-order valence-corrected chi connectivity index (χ1v) is 11.5. The van der Waals surface area contributed by atoms with Gasteiger partial charge in [0.25, 0.3) is 0 Å². The molecule has 2 heterocycles. The number of aryl methyl sites for hydroxylation is 1. The predicted octanol–water partition coefficient (Wildman–Crippen LogP) is 6.06. The van der Waals surface area contributed by atoms with Crippen molar-refractivity contribution in [2.45, 2.75) is 6.92 Å². The third-order valence-electron chi connectivity index (χ3n) is 5.64. The van der Waals surface area contributed by atoms with Gasteiger partial charge in [0.05, 0.1) is 28.6 Å². The van der Waals surface area contributed by atoms with Crippen molar-refractivity contribution in [3.63, 3.8) is 0 Å². The van der Waals surface area contributed by atoms with Crippen molar-refractivity contribution in [2.24, 2.45) is 0 Å². The Morgan fingerprint density at radius 3 is 2.56 bits per heavy atom. The molecule has 0 saturated heterocycles. The molecule has 0 atom stereocenters. The molecule has 0 unspecified atom stereocenters. The van der Waals surface area contributed by atoms with Crippen molar-refractivity contribution in [1.82, 2.24) is 14.1 Å². The van der Waals surface area contributed by atoms with Crippen LogP contribution in [0.1, 0.15) is 5.56 Å². The molecule has 3 aromatic carbocycles. The number of rotatable bonds is 6. The Balaban J connectivity index is 1.59. The number of hydrogen-bond donors (Lipinski definition) is 1. The fourth-order valence-electron chi connectivity index (χ4n) is 4.01. The number of carbonyl (C=O) groups excluding carboxylic acids is 1. The van der Waals surface area contributed by atoms with Crippen molar-refractivity contribution in [3.05, 3.63) is 119 Å². The van der Waals surface area contributed by atoms with Gasteiger partial charge in [-0.05, 0) is 79.2 Å². The quantitative estimate of drug-likeness (QED) is 0.290. The number of nitrogens with one attached hydrogen (secondary N) is 1. The zero-order valence-electron chi connectivity index (χ0n) is 19.3. The molecule has 7 nitrogen and oxygen atoms in total. The molecule has 0 saturated carbocycles. The van der Waals surface area contributed by atoms with Crippen molar-refractivity contribution in [3.8, 4) is 22.9 Å². The van der Waals surface area contributed by atoms with Gasteiger partial charge in [-0.1, -0.05) is 30.3 Å². The highest BCUT2D eigenvalue weighted by Crippen LogP contribution is 2.29. The van der Waals surface area contributed by atoms with Gasteiger partial charge in [-0.3, -0.25) is 18.9 Å². The second-order valence-electron chi connectivity index (χ2n) is 8.07. The number of fused-ring (bicyclic) bond motifs is 1. The van der Waals surface area contributed by atoms with Gasteiger partial charge in [0.1, 0.15) is 11.5 Å². The molecule has 178 valence electrons. The molecule has 0 aliphatic rings. The van der Waals surface area contributed by atoms with Crippen LogP contribution in [0.2, 0.25) is 5.02 Å². The molecule has 0 spiro atoms. The molecule has 8 heteroatoms. The molecule has 0 aliphatic heterocycles. The third-order valence-corrected chi connectivity index (χ3v) is 5.88. The highest BCUT2D eigenvalue weighted by molar-refractivity contribution is 6.30. The van der Waals surface area contributed by atoms with Crippen molar-refractivity contribution in [1.29, 1.82) is 0 Å². The minimum absolute atomic E-state index is 0.270. The van der Waals surface area contributed by atoms with E-state index in [4.69, 9.17) is 16.3 Å². The summed E-state index contributed by atoms with van der Waals surface area (Å²) in [6.45, 7) is 5.39. The van der Waals surface area contributed by atoms with Crippen LogP contribution in [0.25, 0.3) is 22.4 Å². The number of benzene rings is 3. The second-order valence-corrected chi connectivity index (χ2v) is 8.51. The van der Waals surface area contributed by atoms with E-state index in [2.05, 4.69) is 16.9 Å². The van der Waals surface area contributed by atoms with E-state index in [9.17, 15) is 9.59 Å². The van der Waals surface area contributed by atoms with Crippen LogP contribution in [-0.4, -0.2) is 20.0 Å². The molecular formula is C28H21ClN4O3. The number of amides is 1. The summed E-state index contributed by atoms with van der Waals surface area (Å²) in [4.78, 5) is 29.8. The SMILES string of the molecule is C=CC(=O)Nc1cccc(-n2c(=O)n(-c3ccc(Oc4cccc(Cl)c4)c(C)c3)c3cnccc32)c1. The molecule has 1 N–H and O–H groups in total. The van der Waals surface area contributed by atoms with E-state index < -0.39 is 0 Å². The van der Waals surface area contributed by atoms with Crippen LogP contribution < -0.4 is 15.7 Å². The van der Waals surface area contributed by atoms with E-state index in [1.54, 1.807) is 57.9 Å². The number of hydrogen-bond acceptors (Lipinski definition) is 4. The van der Waals surface area contributed by atoms with Gasteiger partial charge in [0.2, 0.25) is 5.91 Å². The lowest BCUT2D eigenvalue weighted by Crippen LogP contribution is -2.22. The average Bonchev–Trinajstić information content (AvgIpc) is 3.17. The molecule has 36 heavy (non-hydrogen) atoms. The van der Waals surface area contributed by atoms with E-state index >= 15 is 0 Å². The fraction of sp³-hybridized carbons (Fsp3) is 0.0357. The maximum atomic E-state index is 13.8. The Bertz CT molecular complexity index is 1690. The lowest BCUT2D eigenvalue weighted by atomic mass is 10.2. The zero-order chi connectivity index (χ0) is 25.2. The highest BCUT2D eigenvalue weighted by atomic mass is 35.5. The summed E-state index contributed by atoms with van der Waals surface area (Å²) in [5.41, 5.74) is 3.73. The Kier molecular flexibility index (Phi) is 6.14. The van der Waals surface area contributed by atoms with Crippen LogP contribution in [0.15, 0.2) is 103 Å². The summed E-state index contributed by atoms with van der Waals surface area (Å²) >= 11 is 6.07. The third kappa shape index (κ3) is 4.39. The number of halogens is 1. The number of imidazole rings is 1. The number of aromatic nitrogens is 3. The maximum absolute atomic E-state index is 13.8. The number of ether oxygens (including phenoxy) is 1. The largest absolute Gasteiger partial charge is 0.457 e. The summed E-state index contributed by atoms with van der Waals surface area (Å²) in [6, 6.07) is 21.6. The van der Waals surface area contributed by atoms with Gasteiger partial charge >= 0.3 is 5.69 Å². The smallest absolute Gasteiger partial charge is 0.338 e.